The van der Waals surface area contributed by atoms with Crippen molar-refractivity contribution in [2.75, 3.05) is 18.1 Å². The summed E-state index contributed by atoms with van der Waals surface area (Å²) in [6.45, 7) is 0.183. The lowest BCUT2D eigenvalue weighted by Crippen LogP contribution is -2.08. The zero-order valence-electron chi connectivity index (χ0n) is 14.6. The number of nitrogens with two attached hydrogens (primary N) is 1. The summed E-state index contributed by atoms with van der Waals surface area (Å²) < 4.78 is 12.1. The third-order valence-corrected chi connectivity index (χ3v) is 4.89. The maximum Gasteiger partial charge on any atom is 0.342 e. The minimum absolute atomic E-state index is 0.183. The fourth-order valence-corrected chi connectivity index (χ4v) is 2.80. The molecule has 7 heteroatoms. The number of esters is 1. The van der Waals surface area contributed by atoms with Gasteiger partial charge in [0.2, 0.25) is 0 Å². The summed E-state index contributed by atoms with van der Waals surface area (Å²) in [4.78, 5) is 16.7. The molecule has 2 aromatic carbocycles. The third-order valence-electron chi connectivity index (χ3n) is 3.80. The largest absolute Gasteiger partial charge is 0.457 e. The predicted molar refractivity (Wildman–Crippen MR) is 113 cm³/mol. The molecule has 0 bridgehead atoms. The van der Waals surface area contributed by atoms with E-state index in [2.05, 4.69) is 32.9 Å². The average Bonchev–Trinajstić information content (AvgIpc) is 2.70. The molecule has 1 heterocycles. The highest BCUT2D eigenvalue weighted by molar-refractivity contribution is 14.1. The van der Waals surface area contributed by atoms with Crippen LogP contribution < -0.4 is 15.8 Å². The fourth-order valence-electron chi connectivity index (χ4n) is 2.37. The highest BCUT2D eigenvalue weighted by Crippen LogP contribution is 2.32. The molecule has 138 valence electrons. The number of carbonyl (C=O) groups excluding carboxylic acids is 1. The standard InChI is InChI=1S/C20H18IN3O3/c1-23-14-7-8-16(27-17-9-10-24-19(22)18(17)21)15(11-14)20(25)26-12-13-5-3-2-4-6-13/h2-11,23H,12H2,1H3,(H2,22,24). The maximum atomic E-state index is 12.7. The number of nitrogens with zero attached hydrogens (tertiary/aromatic N) is 1. The minimum atomic E-state index is -0.469. The van der Waals surface area contributed by atoms with E-state index in [0.717, 1.165) is 11.3 Å². The Labute approximate surface area is 170 Å². The van der Waals surface area contributed by atoms with Crippen molar-refractivity contribution >= 4 is 40.1 Å². The number of aromatic nitrogens is 1. The Morgan fingerprint density at radius 3 is 2.67 bits per heavy atom. The average molecular weight is 475 g/mol. The van der Waals surface area contributed by atoms with Crippen molar-refractivity contribution in [1.82, 2.24) is 4.98 Å². The van der Waals surface area contributed by atoms with Gasteiger partial charge in [0.25, 0.3) is 0 Å². The normalized spacial score (nSPS) is 10.3. The molecule has 0 radical (unpaired) electrons. The van der Waals surface area contributed by atoms with E-state index in [4.69, 9.17) is 15.2 Å². The maximum absolute atomic E-state index is 12.7. The van der Waals surface area contributed by atoms with E-state index in [9.17, 15) is 4.79 Å². The Balaban J connectivity index is 1.86. The van der Waals surface area contributed by atoms with Gasteiger partial charge >= 0.3 is 5.97 Å². The molecule has 0 spiro atoms. The van der Waals surface area contributed by atoms with Gasteiger partial charge in [0.05, 0.1) is 3.57 Å². The molecule has 0 fully saturated rings. The van der Waals surface area contributed by atoms with Crippen LogP contribution in [0.25, 0.3) is 0 Å². The van der Waals surface area contributed by atoms with Crippen molar-refractivity contribution in [1.29, 1.82) is 0 Å². The second kappa shape index (κ2) is 8.72. The first-order valence-electron chi connectivity index (χ1n) is 8.19. The Kier molecular flexibility index (Phi) is 6.12. The van der Waals surface area contributed by atoms with E-state index in [-0.39, 0.29) is 6.61 Å². The van der Waals surface area contributed by atoms with Crippen LogP contribution in [-0.2, 0) is 11.3 Å². The number of anilines is 2. The number of pyridine rings is 1. The Bertz CT molecular complexity index is 948. The minimum Gasteiger partial charge on any atom is -0.457 e. The van der Waals surface area contributed by atoms with Crippen LogP contribution in [-0.4, -0.2) is 18.0 Å². The van der Waals surface area contributed by atoms with Gasteiger partial charge in [-0.15, -0.1) is 0 Å². The lowest BCUT2D eigenvalue weighted by Gasteiger charge is -2.14. The molecule has 0 amide bonds. The fraction of sp³-hybridized carbons (Fsp3) is 0.100. The van der Waals surface area contributed by atoms with Crippen LogP contribution in [0.5, 0.6) is 11.5 Å². The number of nitrogens with one attached hydrogen (secondary N) is 1. The van der Waals surface area contributed by atoms with Crippen LogP contribution in [0.4, 0.5) is 11.5 Å². The van der Waals surface area contributed by atoms with Crippen LogP contribution in [0.3, 0.4) is 0 Å². The molecule has 3 rings (SSSR count). The van der Waals surface area contributed by atoms with Gasteiger partial charge in [0.1, 0.15) is 29.5 Å². The molecule has 0 aliphatic carbocycles. The summed E-state index contributed by atoms with van der Waals surface area (Å²) in [5.41, 5.74) is 7.84. The highest BCUT2D eigenvalue weighted by atomic mass is 127. The molecular weight excluding hydrogens is 457 g/mol. The van der Waals surface area contributed by atoms with Crippen molar-refractivity contribution in [3.63, 3.8) is 0 Å². The van der Waals surface area contributed by atoms with Gasteiger partial charge in [-0.2, -0.15) is 0 Å². The number of halogens is 1. The molecule has 6 nitrogen and oxygen atoms in total. The number of rotatable bonds is 6. The summed E-state index contributed by atoms with van der Waals surface area (Å²) >= 11 is 2.06. The Morgan fingerprint density at radius 2 is 1.93 bits per heavy atom. The molecular formula is C20H18IN3O3. The quantitative estimate of drug-likeness (QED) is 0.405. The van der Waals surface area contributed by atoms with Crippen molar-refractivity contribution in [2.45, 2.75) is 6.61 Å². The molecule has 0 atom stereocenters. The first-order valence-corrected chi connectivity index (χ1v) is 9.27. The molecule has 0 saturated carbocycles. The van der Waals surface area contributed by atoms with Gasteiger partial charge in [-0.25, -0.2) is 9.78 Å². The molecule has 3 N–H and O–H groups in total. The topological polar surface area (TPSA) is 86.5 Å². The van der Waals surface area contributed by atoms with Crippen LogP contribution in [0.1, 0.15) is 15.9 Å². The number of ether oxygens (including phenoxy) is 2. The number of nitrogen functional groups attached to an aromatic ring is 1. The molecule has 1 aromatic heterocycles. The van der Waals surface area contributed by atoms with Gasteiger partial charge in [-0.3, -0.25) is 0 Å². The van der Waals surface area contributed by atoms with E-state index in [1.54, 1.807) is 31.4 Å². The van der Waals surface area contributed by atoms with Crippen molar-refractivity contribution in [3.05, 3.63) is 75.5 Å². The summed E-state index contributed by atoms with van der Waals surface area (Å²) in [5, 5.41) is 3.01. The van der Waals surface area contributed by atoms with E-state index < -0.39 is 5.97 Å². The molecule has 0 aliphatic rings. The zero-order chi connectivity index (χ0) is 19.2. The number of carbonyl (C=O) groups is 1. The van der Waals surface area contributed by atoms with Crippen molar-refractivity contribution in [2.24, 2.45) is 0 Å². The van der Waals surface area contributed by atoms with Gasteiger partial charge in [0, 0.05) is 25.0 Å². The predicted octanol–water partition coefficient (Wildman–Crippen LogP) is 4.46. The molecule has 27 heavy (non-hydrogen) atoms. The van der Waals surface area contributed by atoms with E-state index >= 15 is 0 Å². The van der Waals surface area contributed by atoms with Crippen LogP contribution in [0.15, 0.2) is 60.8 Å². The first kappa shape index (κ1) is 19.0. The second-order valence-electron chi connectivity index (χ2n) is 5.63. The Morgan fingerprint density at radius 1 is 1.15 bits per heavy atom. The lowest BCUT2D eigenvalue weighted by molar-refractivity contribution is 0.0470. The summed E-state index contributed by atoms with van der Waals surface area (Å²) in [5.74, 6) is 0.809. The molecule has 3 aromatic rings. The number of hydrogen-bond donors (Lipinski definition) is 2. The molecule has 0 unspecified atom stereocenters. The van der Waals surface area contributed by atoms with E-state index in [0.29, 0.717) is 26.5 Å². The lowest BCUT2D eigenvalue weighted by atomic mass is 10.1. The summed E-state index contributed by atoms with van der Waals surface area (Å²) in [6.07, 6.45) is 1.56. The van der Waals surface area contributed by atoms with Gasteiger partial charge in [-0.05, 0) is 46.4 Å². The van der Waals surface area contributed by atoms with Crippen LogP contribution in [0.2, 0.25) is 0 Å². The smallest absolute Gasteiger partial charge is 0.342 e. The monoisotopic (exact) mass is 475 g/mol. The first-order chi connectivity index (χ1) is 13.1. The zero-order valence-corrected chi connectivity index (χ0v) is 16.8. The van der Waals surface area contributed by atoms with Crippen LogP contribution in [0, 0.1) is 3.57 Å². The van der Waals surface area contributed by atoms with Gasteiger partial charge in [-0.1, -0.05) is 30.3 Å². The highest BCUT2D eigenvalue weighted by Gasteiger charge is 2.17. The number of benzene rings is 2. The van der Waals surface area contributed by atoms with Crippen LogP contribution >= 0.6 is 22.6 Å². The van der Waals surface area contributed by atoms with Gasteiger partial charge < -0.3 is 20.5 Å². The summed E-state index contributed by atoms with van der Waals surface area (Å²) in [7, 11) is 1.78. The van der Waals surface area contributed by atoms with E-state index in [1.165, 1.54) is 0 Å². The van der Waals surface area contributed by atoms with Crippen molar-refractivity contribution in [3.8, 4) is 11.5 Å². The number of hydrogen-bond acceptors (Lipinski definition) is 6. The third kappa shape index (κ3) is 4.68. The summed E-state index contributed by atoms with van der Waals surface area (Å²) in [6, 6.07) is 16.4. The van der Waals surface area contributed by atoms with E-state index in [1.807, 2.05) is 36.4 Å². The Hall–Kier alpha value is -2.81. The molecule has 0 saturated heterocycles. The SMILES string of the molecule is CNc1ccc(Oc2ccnc(N)c2I)c(C(=O)OCc2ccccc2)c1. The second-order valence-corrected chi connectivity index (χ2v) is 6.71. The van der Waals surface area contributed by atoms with Crippen molar-refractivity contribution < 1.29 is 14.3 Å². The van der Waals surface area contributed by atoms with Gasteiger partial charge in [0.15, 0.2) is 0 Å². The molecule has 0 aliphatic heterocycles.